The van der Waals surface area contributed by atoms with Crippen molar-refractivity contribution in [1.82, 2.24) is 4.98 Å². The molecular formula is C20H17F3N4S. The van der Waals surface area contributed by atoms with Crippen LogP contribution in [0.5, 0.6) is 0 Å². The number of hydrogen-bond donors (Lipinski definition) is 1. The van der Waals surface area contributed by atoms with Crippen molar-refractivity contribution in [2.24, 2.45) is 5.10 Å². The number of benzene rings is 2. The topological polar surface area (TPSA) is 52.3 Å². The largest absolute Gasteiger partial charge is 0.430 e. The Bertz CT molecular complexity index is 1030. The second kappa shape index (κ2) is 8.02. The number of hydrogen-bond acceptors (Lipinski definition) is 4. The van der Waals surface area contributed by atoms with Crippen molar-refractivity contribution in [3.05, 3.63) is 66.4 Å². The zero-order chi connectivity index (χ0) is 20.3. The van der Waals surface area contributed by atoms with Gasteiger partial charge >= 0.3 is 6.18 Å². The van der Waals surface area contributed by atoms with Gasteiger partial charge in [0.05, 0.1) is 0 Å². The fraction of sp³-hybridized carbons (Fsp3) is 0.150. The SMILES string of the molecule is CSc1ccc(N(/N=C(\C)C(F)(F)F)C(=N)c2ccc3ccccc3c2)nc1. The van der Waals surface area contributed by atoms with Crippen LogP contribution in [0.2, 0.25) is 0 Å². The highest BCUT2D eigenvalue weighted by molar-refractivity contribution is 7.98. The minimum atomic E-state index is -4.60. The van der Waals surface area contributed by atoms with Gasteiger partial charge in [-0.3, -0.25) is 5.41 Å². The maximum Gasteiger partial charge on any atom is 0.430 e. The number of nitrogens with one attached hydrogen (secondary N) is 1. The normalized spacial score (nSPS) is 12.2. The van der Waals surface area contributed by atoms with E-state index in [4.69, 9.17) is 5.41 Å². The lowest BCUT2D eigenvalue weighted by molar-refractivity contribution is -0.0593. The van der Waals surface area contributed by atoms with Crippen LogP contribution in [0.4, 0.5) is 19.0 Å². The highest BCUT2D eigenvalue weighted by Gasteiger charge is 2.33. The fourth-order valence-electron chi connectivity index (χ4n) is 2.50. The number of hydrazone groups is 1. The molecule has 1 N–H and O–H groups in total. The van der Waals surface area contributed by atoms with Crippen LogP contribution in [0.1, 0.15) is 12.5 Å². The standard InChI is InChI=1S/C20H17F3N4S/c1-13(20(21,22)23)26-27(18-10-9-17(28-2)12-25-18)19(24)16-8-7-14-5-3-4-6-15(14)11-16/h3-12,24H,1-2H3/b24-19?,26-13+. The average Bonchev–Trinajstić information content (AvgIpc) is 2.70. The molecule has 3 aromatic rings. The maximum atomic E-state index is 13.1. The summed E-state index contributed by atoms with van der Waals surface area (Å²) >= 11 is 1.46. The van der Waals surface area contributed by atoms with Crippen molar-refractivity contribution < 1.29 is 13.2 Å². The van der Waals surface area contributed by atoms with E-state index in [0.717, 1.165) is 27.6 Å². The summed E-state index contributed by atoms with van der Waals surface area (Å²) in [5, 5.41) is 14.9. The molecule has 0 bridgehead atoms. The van der Waals surface area contributed by atoms with E-state index in [2.05, 4.69) is 10.1 Å². The highest BCUT2D eigenvalue weighted by Crippen LogP contribution is 2.24. The molecule has 28 heavy (non-hydrogen) atoms. The van der Waals surface area contributed by atoms with E-state index in [1.807, 2.05) is 36.6 Å². The summed E-state index contributed by atoms with van der Waals surface area (Å²) < 4.78 is 39.2. The van der Waals surface area contributed by atoms with Gasteiger partial charge in [0.15, 0.2) is 11.7 Å². The van der Waals surface area contributed by atoms with Crippen LogP contribution in [0.25, 0.3) is 10.8 Å². The van der Waals surface area contributed by atoms with Crippen LogP contribution in [-0.4, -0.2) is 29.0 Å². The molecule has 4 nitrogen and oxygen atoms in total. The number of pyridine rings is 1. The molecule has 0 saturated carbocycles. The van der Waals surface area contributed by atoms with Gasteiger partial charge in [-0.25, -0.2) is 4.98 Å². The first-order valence-electron chi connectivity index (χ1n) is 8.30. The second-order valence-electron chi connectivity index (χ2n) is 5.96. The van der Waals surface area contributed by atoms with Crippen LogP contribution in [-0.2, 0) is 0 Å². The number of anilines is 1. The summed E-state index contributed by atoms with van der Waals surface area (Å²) in [6, 6.07) is 16.1. The quantitative estimate of drug-likeness (QED) is 0.263. The summed E-state index contributed by atoms with van der Waals surface area (Å²) in [7, 11) is 0. The van der Waals surface area contributed by atoms with Crippen molar-refractivity contribution in [3.63, 3.8) is 0 Å². The van der Waals surface area contributed by atoms with Crippen molar-refractivity contribution >= 4 is 39.9 Å². The first-order valence-corrected chi connectivity index (χ1v) is 9.52. The minimum absolute atomic E-state index is 0.138. The number of nitrogens with zero attached hydrogens (tertiary/aromatic N) is 3. The third-order valence-electron chi connectivity index (χ3n) is 4.07. The molecule has 1 aromatic heterocycles. The molecule has 0 aliphatic carbocycles. The highest BCUT2D eigenvalue weighted by atomic mass is 32.2. The van der Waals surface area contributed by atoms with E-state index in [1.54, 1.807) is 30.5 Å². The predicted octanol–water partition coefficient (Wildman–Crippen LogP) is 5.73. The minimum Gasteiger partial charge on any atom is -0.282 e. The summed E-state index contributed by atoms with van der Waals surface area (Å²) in [5.74, 6) is -0.0571. The number of halogens is 3. The van der Waals surface area contributed by atoms with Crippen molar-refractivity contribution in [3.8, 4) is 0 Å². The Morgan fingerprint density at radius 3 is 2.39 bits per heavy atom. The zero-order valence-electron chi connectivity index (χ0n) is 15.2. The molecule has 0 unspecified atom stereocenters. The van der Waals surface area contributed by atoms with Gasteiger partial charge in [0, 0.05) is 16.7 Å². The number of fused-ring (bicyclic) bond motifs is 1. The molecule has 0 amide bonds. The van der Waals surface area contributed by atoms with E-state index >= 15 is 0 Å². The number of thioether (sulfide) groups is 1. The van der Waals surface area contributed by atoms with Gasteiger partial charge in [-0.1, -0.05) is 36.4 Å². The average molecular weight is 402 g/mol. The van der Waals surface area contributed by atoms with Gasteiger partial charge in [0.2, 0.25) is 0 Å². The Hall–Kier alpha value is -2.87. The molecule has 2 aromatic carbocycles. The molecule has 1 heterocycles. The molecule has 8 heteroatoms. The lowest BCUT2D eigenvalue weighted by atomic mass is 10.1. The van der Waals surface area contributed by atoms with E-state index < -0.39 is 11.9 Å². The Labute approximate surface area is 164 Å². The molecule has 0 aliphatic rings. The van der Waals surface area contributed by atoms with E-state index in [0.29, 0.717) is 5.56 Å². The van der Waals surface area contributed by atoms with Gasteiger partial charge < -0.3 is 0 Å². The Morgan fingerprint density at radius 2 is 1.79 bits per heavy atom. The van der Waals surface area contributed by atoms with Crippen LogP contribution in [0, 0.1) is 5.41 Å². The van der Waals surface area contributed by atoms with Crippen LogP contribution >= 0.6 is 11.8 Å². The second-order valence-corrected chi connectivity index (χ2v) is 6.84. The predicted molar refractivity (Wildman–Crippen MR) is 108 cm³/mol. The molecule has 0 atom stereocenters. The number of alkyl halides is 3. The van der Waals surface area contributed by atoms with Gasteiger partial charge in [0.1, 0.15) is 5.71 Å². The van der Waals surface area contributed by atoms with Crippen LogP contribution < -0.4 is 5.01 Å². The number of rotatable bonds is 4. The van der Waals surface area contributed by atoms with E-state index in [1.165, 1.54) is 11.8 Å². The molecule has 0 radical (unpaired) electrons. The third-order valence-corrected chi connectivity index (χ3v) is 4.78. The van der Waals surface area contributed by atoms with Gasteiger partial charge in [-0.05, 0) is 42.2 Å². The zero-order valence-corrected chi connectivity index (χ0v) is 16.0. The van der Waals surface area contributed by atoms with Gasteiger partial charge in [-0.2, -0.15) is 23.3 Å². The molecule has 0 fully saturated rings. The molecule has 0 saturated heterocycles. The molecule has 3 rings (SSSR count). The smallest absolute Gasteiger partial charge is 0.282 e. The van der Waals surface area contributed by atoms with Gasteiger partial charge in [0.25, 0.3) is 0 Å². The van der Waals surface area contributed by atoms with E-state index in [9.17, 15) is 13.2 Å². The number of amidine groups is 1. The summed E-state index contributed by atoms with van der Waals surface area (Å²) in [4.78, 5) is 5.04. The molecule has 144 valence electrons. The molecule has 0 aliphatic heterocycles. The monoisotopic (exact) mass is 402 g/mol. The lowest BCUT2D eigenvalue weighted by Crippen LogP contribution is -2.31. The van der Waals surface area contributed by atoms with Crippen LogP contribution in [0.3, 0.4) is 0 Å². The van der Waals surface area contributed by atoms with Crippen molar-refractivity contribution in [1.29, 1.82) is 5.41 Å². The molecule has 0 spiro atoms. The summed E-state index contributed by atoms with van der Waals surface area (Å²) in [6.07, 6.45) is -1.18. The van der Waals surface area contributed by atoms with E-state index in [-0.39, 0.29) is 11.7 Å². The lowest BCUT2D eigenvalue weighted by Gasteiger charge is -2.21. The number of aromatic nitrogens is 1. The Balaban J connectivity index is 2.06. The summed E-state index contributed by atoms with van der Waals surface area (Å²) in [5.41, 5.74) is -0.623. The summed E-state index contributed by atoms with van der Waals surface area (Å²) in [6.45, 7) is 0.872. The Morgan fingerprint density at radius 1 is 1.07 bits per heavy atom. The van der Waals surface area contributed by atoms with Crippen molar-refractivity contribution in [2.75, 3.05) is 11.3 Å². The molecular weight excluding hydrogens is 385 g/mol. The third kappa shape index (κ3) is 4.33. The van der Waals surface area contributed by atoms with Gasteiger partial charge in [-0.15, -0.1) is 11.8 Å². The maximum absolute atomic E-state index is 13.1. The van der Waals surface area contributed by atoms with Crippen LogP contribution in [0.15, 0.2) is 70.8 Å². The van der Waals surface area contributed by atoms with Crippen molar-refractivity contribution in [2.45, 2.75) is 18.0 Å². The fourth-order valence-corrected chi connectivity index (χ4v) is 2.86. The first-order chi connectivity index (χ1) is 13.3. The Kier molecular flexibility index (Phi) is 5.69. The first kappa shape index (κ1) is 19.9.